The number of urea groups is 1. The van der Waals surface area contributed by atoms with E-state index in [-0.39, 0.29) is 18.5 Å². The van der Waals surface area contributed by atoms with Crippen LogP contribution in [0.1, 0.15) is 12.8 Å². The van der Waals surface area contributed by atoms with Gasteiger partial charge in [0.1, 0.15) is 17.7 Å². The van der Waals surface area contributed by atoms with Crippen LogP contribution in [-0.4, -0.2) is 29.1 Å². The van der Waals surface area contributed by atoms with Crippen molar-refractivity contribution in [3.63, 3.8) is 0 Å². The maximum absolute atomic E-state index is 13.6. The molecule has 1 aliphatic heterocycles. The normalized spacial score (nSPS) is 18.3. The van der Waals surface area contributed by atoms with Crippen molar-refractivity contribution in [1.29, 1.82) is 0 Å². The summed E-state index contributed by atoms with van der Waals surface area (Å²) in [5.74, 6) is -3.76. The van der Waals surface area contributed by atoms with Gasteiger partial charge in [0.2, 0.25) is 0 Å². The molecule has 1 heterocycles. The van der Waals surface area contributed by atoms with Gasteiger partial charge in [-0.25, -0.2) is 18.5 Å². The average Bonchev–Trinajstić information content (AvgIpc) is 2.63. The molecule has 3 amide bonds. The second-order valence-electron chi connectivity index (χ2n) is 4.20. The summed E-state index contributed by atoms with van der Waals surface area (Å²) >= 11 is 0. The zero-order valence-electron chi connectivity index (χ0n) is 10.1. The minimum Gasteiger partial charge on any atom is -0.481 e. The fourth-order valence-corrected chi connectivity index (χ4v) is 1.89. The van der Waals surface area contributed by atoms with E-state index in [0.717, 1.165) is 12.1 Å². The van der Waals surface area contributed by atoms with Gasteiger partial charge in [0.15, 0.2) is 0 Å². The topological polar surface area (TPSA) is 86.7 Å². The monoisotopic (exact) mass is 284 g/mol. The molecule has 1 fully saturated rings. The molecule has 2 rings (SSSR count). The largest absolute Gasteiger partial charge is 0.481 e. The Hall–Kier alpha value is -2.51. The minimum absolute atomic E-state index is 0.0980. The van der Waals surface area contributed by atoms with Gasteiger partial charge in [0, 0.05) is 12.5 Å². The lowest BCUT2D eigenvalue weighted by atomic mass is 10.1. The van der Waals surface area contributed by atoms with Crippen molar-refractivity contribution in [3.8, 4) is 0 Å². The molecule has 0 radical (unpaired) electrons. The Bertz CT molecular complexity index is 591. The third kappa shape index (κ3) is 2.58. The van der Waals surface area contributed by atoms with Crippen molar-refractivity contribution in [3.05, 3.63) is 29.8 Å². The van der Waals surface area contributed by atoms with Crippen LogP contribution in [0, 0.1) is 11.6 Å². The fourth-order valence-electron chi connectivity index (χ4n) is 1.89. The number of hydrogen-bond donors (Lipinski definition) is 2. The van der Waals surface area contributed by atoms with Gasteiger partial charge in [0.05, 0.1) is 5.69 Å². The van der Waals surface area contributed by atoms with Crippen LogP contribution in [0.5, 0.6) is 0 Å². The van der Waals surface area contributed by atoms with E-state index in [4.69, 9.17) is 5.11 Å². The van der Waals surface area contributed by atoms with Gasteiger partial charge < -0.3 is 10.4 Å². The van der Waals surface area contributed by atoms with Gasteiger partial charge in [-0.3, -0.25) is 9.59 Å². The van der Waals surface area contributed by atoms with Gasteiger partial charge in [-0.1, -0.05) is 0 Å². The second-order valence-corrected chi connectivity index (χ2v) is 4.20. The molecule has 0 aliphatic carbocycles. The Morgan fingerprint density at radius 1 is 1.35 bits per heavy atom. The minimum atomic E-state index is -1.11. The van der Waals surface area contributed by atoms with Gasteiger partial charge in [0.25, 0.3) is 5.91 Å². The van der Waals surface area contributed by atoms with Crippen molar-refractivity contribution < 1.29 is 28.3 Å². The van der Waals surface area contributed by atoms with E-state index in [1.54, 1.807) is 0 Å². The summed E-state index contributed by atoms with van der Waals surface area (Å²) in [4.78, 5) is 34.6. The number of rotatable bonds is 4. The predicted molar refractivity (Wildman–Crippen MR) is 63.0 cm³/mol. The molecule has 0 saturated carbocycles. The van der Waals surface area contributed by atoms with Crippen LogP contribution in [0.3, 0.4) is 0 Å². The summed E-state index contributed by atoms with van der Waals surface area (Å²) in [6.07, 6.45) is -0.407. The Morgan fingerprint density at radius 3 is 2.65 bits per heavy atom. The molecular weight excluding hydrogens is 274 g/mol. The zero-order valence-corrected chi connectivity index (χ0v) is 10.1. The smallest absolute Gasteiger partial charge is 0.329 e. The predicted octanol–water partition coefficient (Wildman–Crippen LogP) is 1.25. The van der Waals surface area contributed by atoms with Crippen molar-refractivity contribution in [1.82, 2.24) is 5.32 Å². The number of nitrogens with one attached hydrogen (secondary N) is 1. The fraction of sp³-hybridized carbons (Fsp3) is 0.250. The molecule has 20 heavy (non-hydrogen) atoms. The molecule has 0 bridgehead atoms. The molecule has 2 N–H and O–H groups in total. The molecule has 1 saturated heterocycles. The highest BCUT2D eigenvalue weighted by Crippen LogP contribution is 2.24. The number of carboxylic acids is 1. The van der Waals surface area contributed by atoms with Crippen molar-refractivity contribution in [2.24, 2.45) is 0 Å². The molecule has 1 aromatic carbocycles. The highest BCUT2D eigenvalue weighted by molar-refractivity contribution is 6.21. The second kappa shape index (κ2) is 5.24. The third-order valence-electron chi connectivity index (χ3n) is 2.82. The molecular formula is C12H10F2N2O4. The number of aliphatic carboxylic acids is 1. The van der Waals surface area contributed by atoms with E-state index >= 15 is 0 Å². The highest BCUT2D eigenvalue weighted by Gasteiger charge is 2.40. The summed E-state index contributed by atoms with van der Waals surface area (Å²) in [5.41, 5.74) is -0.369. The lowest BCUT2D eigenvalue weighted by Crippen LogP contribution is -2.32. The number of carbonyl (C=O) groups is 3. The molecule has 1 atom stereocenters. The van der Waals surface area contributed by atoms with Crippen LogP contribution in [0.4, 0.5) is 19.3 Å². The number of amides is 3. The summed E-state index contributed by atoms with van der Waals surface area (Å²) in [5, 5.41) is 10.8. The molecule has 0 unspecified atom stereocenters. The maximum atomic E-state index is 13.6. The van der Waals surface area contributed by atoms with Gasteiger partial charge in [-0.15, -0.1) is 0 Å². The van der Waals surface area contributed by atoms with Gasteiger partial charge in [-0.2, -0.15) is 0 Å². The maximum Gasteiger partial charge on any atom is 0.329 e. The molecule has 8 heteroatoms. The molecule has 6 nitrogen and oxygen atoms in total. The summed E-state index contributed by atoms with van der Waals surface area (Å²) < 4.78 is 26.4. The number of carbonyl (C=O) groups excluding carboxylic acids is 2. The first-order valence-electron chi connectivity index (χ1n) is 5.71. The van der Waals surface area contributed by atoms with Crippen LogP contribution in [0.25, 0.3) is 0 Å². The van der Waals surface area contributed by atoms with E-state index < -0.39 is 35.6 Å². The number of anilines is 1. The average molecular weight is 284 g/mol. The van der Waals surface area contributed by atoms with Crippen LogP contribution in [-0.2, 0) is 9.59 Å². The number of hydrogen-bond acceptors (Lipinski definition) is 3. The molecule has 106 valence electrons. The quantitative estimate of drug-likeness (QED) is 0.815. The lowest BCUT2D eigenvalue weighted by Gasteiger charge is -2.13. The Labute approximate surface area is 112 Å². The first-order chi connectivity index (χ1) is 9.40. The van der Waals surface area contributed by atoms with Crippen LogP contribution in [0.2, 0.25) is 0 Å². The van der Waals surface area contributed by atoms with E-state index in [1.807, 2.05) is 0 Å². The summed E-state index contributed by atoms with van der Waals surface area (Å²) in [7, 11) is 0. The molecule has 1 aromatic rings. The Morgan fingerprint density at radius 2 is 2.05 bits per heavy atom. The molecule has 0 aromatic heterocycles. The number of nitrogens with zero attached hydrogens (tertiary/aromatic N) is 1. The number of benzene rings is 1. The van der Waals surface area contributed by atoms with E-state index in [0.29, 0.717) is 11.0 Å². The van der Waals surface area contributed by atoms with E-state index in [9.17, 15) is 23.2 Å². The summed E-state index contributed by atoms with van der Waals surface area (Å²) in [6, 6.07) is 0.560. The molecule has 1 aliphatic rings. The van der Waals surface area contributed by atoms with Crippen LogP contribution >= 0.6 is 0 Å². The van der Waals surface area contributed by atoms with Crippen LogP contribution in [0.15, 0.2) is 18.2 Å². The van der Waals surface area contributed by atoms with Crippen molar-refractivity contribution in [2.75, 3.05) is 4.90 Å². The van der Waals surface area contributed by atoms with Crippen molar-refractivity contribution >= 4 is 23.6 Å². The zero-order chi connectivity index (χ0) is 14.9. The number of imide groups is 1. The standard InChI is InChI=1S/C12H10F2N2O4/c13-6-1-3-9(7(14)5-6)16-11(19)8(15-12(16)20)2-4-10(17)18/h1,3,5,8H,2,4H2,(H,15,20)(H,17,18)/t8-/m0/s1. The Kier molecular flexibility index (Phi) is 3.64. The van der Waals surface area contributed by atoms with E-state index in [1.165, 1.54) is 0 Å². The SMILES string of the molecule is O=C(O)CC[C@@H]1NC(=O)N(c2ccc(F)cc2F)C1=O. The summed E-state index contributed by atoms with van der Waals surface area (Å²) in [6.45, 7) is 0. The van der Waals surface area contributed by atoms with Gasteiger partial charge >= 0.3 is 12.0 Å². The first-order valence-corrected chi connectivity index (χ1v) is 5.71. The number of halogens is 2. The highest BCUT2D eigenvalue weighted by atomic mass is 19.1. The first kappa shape index (κ1) is 13.9. The van der Waals surface area contributed by atoms with E-state index in [2.05, 4.69) is 5.32 Å². The lowest BCUT2D eigenvalue weighted by molar-refractivity contribution is -0.137. The third-order valence-corrected chi connectivity index (χ3v) is 2.82. The number of carboxylic acid groups (broad SMARTS) is 1. The van der Waals surface area contributed by atoms with Gasteiger partial charge in [-0.05, 0) is 18.6 Å². The molecule has 0 spiro atoms. The Balaban J connectivity index is 2.22. The van der Waals surface area contributed by atoms with Crippen molar-refractivity contribution in [2.45, 2.75) is 18.9 Å². The van der Waals surface area contributed by atoms with Crippen LogP contribution < -0.4 is 10.2 Å².